The second-order valence-electron chi connectivity index (χ2n) is 6.54. The SMILES string of the molecule is OC[C@H]1OC(n2cnc3c(NCCc4ccccc4F)ncnc32)[C@H](O)[C@@H]1O. The smallest absolute Gasteiger partial charge is 0.167 e. The predicted molar refractivity (Wildman–Crippen MR) is 96.9 cm³/mol. The number of halogens is 1. The Morgan fingerprint density at radius 1 is 1.14 bits per heavy atom. The summed E-state index contributed by atoms with van der Waals surface area (Å²) in [4.78, 5) is 12.7. The molecule has 0 spiro atoms. The van der Waals surface area contributed by atoms with Crippen LogP contribution in [0.15, 0.2) is 36.9 Å². The second kappa shape index (κ2) is 7.76. The largest absolute Gasteiger partial charge is 0.394 e. The molecule has 4 N–H and O–H groups in total. The first-order valence-electron chi connectivity index (χ1n) is 8.87. The van der Waals surface area contributed by atoms with Gasteiger partial charge >= 0.3 is 0 Å². The molecule has 4 atom stereocenters. The molecule has 3 aromatic rings. The third kappa shape index (κ3) is 3.31. The number of ether oxygens (including phenoxy) is 1. The van der Waals surface area contributed by atoms with Gasteiger partial charge in [0, 0.05) is 6.54 Å². The van der Waals surface area contributed by atoms with Crippen molar-refractivity contribution in [3.63, 3.8) is 0 Å². The lowest BCUT2D eigenvalue weighted by atomic mass is 10.1. The maximum Gasteiger partial charge on any atom is 0.167 e. The van der Waals surface area contributed by atoms with Crippen LogP contribution >= 0.6 is 0 Å². The summed E-state index contributed by atoms with van der Waals surface area (Å²) < 4.78 is 20.7. The van der Waals surface area contributed by atoms with Crippen molar-refractivity contribution < 1.29 is 24.4 Å². The molecule has 1 aromatic carbocycles. The second-order valence-corrected chi connectivity index (χ2v) is 6.54. The standard InChI is InChI=1S/C18H20FN5O4/c19-11-4-2-1-3-10(11)5-6-20-16-13-17(22-8-21-16)24(9-23-13)18-15(27)14(26)12(7-25)28-18/h1-4,8-9,12,14-15,18,25-27H,5-7H2,(H,20,21,22)/t12-,14-,15-,18?/m1/s1. The topological polar surface area (TPSA) is 126 Å². The average Bonchev–Trinajstić information content (AvgIpc) is 3.25. The molecule has 10 heteroatoms. The van der Waals surface area contributed by atoms with Crippen LogP contribution in [-0.2, 0) is 11.2 Å². The van der Waals surface area contributed by atoms with Crippen LogP contribution < -0.4 is 5.32 Å². The van der Waals surface area contributed by atoms with Crippen molar-refractivity contribution in [1.82, 2.24) is 19.5 Å². The highest BCUT2D eigenvalue weighted by Gasteiger charge is 2.44. The zero-order valence-electron chi connectivity index (χ0n) is 14.8. The van der Waals surface area contributed by atoms with Gasteiger partial charge in [-0.15, -0.1) is 0 Å². The molecule has 0 bridgehead atoms. The summed E-state index contributed by atoms with van der Waals surface area (Å²) in [5.74, 6) is 0.206. The number of rotatable bonds is 6. The zero-order valence-corrected chi connectivity index (χ0v) is 14.8. The minimum Gasteiger partial charge on any atom is -0.394 e. The predicted octanol–water partition coefficient (Wildman–Crippen LogP) is 0.231. The molecule has 9 nitrogen and oxygen atoms in total. The van der Waals surface area contributed by atoms with E-state index < -0.39 is 31.1 Å². The van der Waals surface area contributed by atoms with Gasteiger partial charge in [-0.3, -0.25) is 4.57 Å². The molecule has 2 aromatic heterocycles. The van der Waals surface area contributed by atoms with Gasteiger partial charge in [-0.25, -0.2) is 19.3 Å². The van der Waals surface area contributed by atoms with Crippen molar-refractivity contribution in [3.8, 4) is 0 Å². The Kier molecular flexibility index (Phi) is 5.18. The van der Waals surface area contributed by atoms with E-state index >= 15 is 0 Å². The molecule has 0 aliphatic carbocycles. The van der Waals surface area contributed by atoms with Crippen LogP contribution in [0.25, 0.3) is 11.2 Å². The molecule has 28 heavy (non-hydrogen) atoms. The number of benzene rings is 1. The van der Waals surface area contributed by atoms with Crippen molar-refractivity contribution in [2.75, 3.05) is 18.5 Å². The number of hydrogen-bond donors (Lipinski definition) is 4. The van der Waals surface area contributed by atoms with E-state index in [-0.39, 0.29) is 5.82 Å². The monoisotopic (exact) mass is 389 g/mol. The number of hydrogen-bond acceptors (Lipinski definition) is 8. The van der Waals surface area contributed by atoms with Gasteiger partial charge in [-0.1, -0.05) is 18.2 Å². The Morgan fingerprint density at radius 2 is 1.96 bits per heavy atom. The highest BCUT2D eigenvalue weighted by atomic mass is 19.1. The lowest BCUT2D eigenvalue weighted by Gasteiger charge is -2.16. The molecule has 1 saturated heterocycles. The summed E-state index contributed by atoms with van der Waals surface area (Å²) in [6, 6.07) is 6.57. The molecular weight excluding hydrogens is 369 g/mol. The average molecular weight is 389 g/mol. The molecule has 1 unspecified atom stereocenters. The Balaban J connectivity index is 1.53. The van der Waals surface area contributed by atoms with E-state index in [9.17, 15) is 19.7 Å². The summed E-state index contributed by atoms with van der Waals surface area (Å²) in [7, 11) is 0. The number of fused-ring (bicyclic) bond motifs is 1. The summed E-state index contributed by atoms with van der Waals surface area (Å²) in [5, 5.41) is 32.6. The fraction of sp³-hybridized carbons (Fsp3) is 0.389. The molecule has 0 radical (unpaired) electrons. The fourth-order valence-corrected chi connectivity index (χ4v) is 3.29. The summed E-state index contributed by atoms with van der Waals surface area (Å²) in [6.45, 7) is 0.0208. The first-order chi connectivity index (χ1) is 13.6. The van der Waals surface area contributed by atoms with Crippen LogP contribution in [-0.4, -0.2) is 66.3 Å². The van der Waals surface area contributed by atoms with E-state index in [1.807, 2.05) is 0 Å². The highest BCUT2D eigenvalue weighted by Crippen LogP contribution is 2.32. The molecular formula is C18H20FN5O4. The zero-order chi connectivity index (χ0) is 19.7. The summed E-state index contributed by atoms with van der Waals surface area (Å²) in [6.07, 6.45) is -1.03. The Hall–Kier alpha value is -2.66. The van der Waals surface area contributed by atoms with E-state index in [1.165, 1.54) is 23.3 Å². The minimum atomic E-state index is -1.23. The van der Waals surface area contributed by atoms with Gasteiger partial charge in [0.2, 0.25) is 0 Å². The van der Waals surface area contributed by atoms with Crippen LogP contribution in [0, 0.1) is 5.82 Å². The Labute approximate surface area is 159 Å². The molecule has 0 saturated carbocycles. The van der Waals surface area contributed by atoms with Crippen LogP contribution in [0.5, 0.6) is 0 Å². The molecule has 1 aliphatic rings. The quantitative estimate of drug-likeness (QED) is 0.472. The van der Waals surface area contributed by atoms with Crippen LogP contribution in [0.4, 0.5) is 10.2 Å². The Bertz CT molecular complexity index is 968. The normalized spacial score (nSPS) is 24.7. The van der Waals surface area contributed by atoms with Crippen molar-refractivity contribution in [2.45, 2.75) is 31.0 Å². The molecule has 3 heterocycles. The van der Waals surface area contributed by atoms with Gasteiger partial charge in [0.25, 0.3) is 0 Å². The van der Waals surface area contributed by atoms with Crippen LogP contribution in [0.2, 0.25) is 0 Å². The van der Waals surface area contributed by atoms with Gasteiger partial charge in [0.15, 0.2) is 23.2 Å². The summed E-state index contributed by atoms with van der Waals surface area (Å²) in [5.41, 5.74) is 1.45. The van der Waals surface area contributed by atoms with Crippen molar-refractivity contribution in [2.24, 2.45) is 0 Å². The van der Waals surface area contributed by atoms with Crippen LogP contribution in [0.1, 0.15) is 11.8 Å². The van der Waals surface area contributed by atoms with Crippen LogP contribution in [0.3, 0.4) is 0 Å². The minimum absolute atomic E-state index is 0.259. The van der Waals surface area contributed by atoms with E-state index in [2.05, 4.69) is 20.3 Å². The number of imidazole rings is 1. The lowest BCUT2D eigenvalue weighted by molar-refractivity contribution is -0.0511. The van der Waals surface area contributed by atoms with Crippen molar-refractivity contribution in [3.05, 3.63) is 48.3 Å². The first kappa shape index (κ1) is 18.7. The third-order valence-corrected chi connectivity index (χ3v) is 4.79. The van der Waals surface area contributed by atoms with Gasteiger partial charge in [-0.2, -0.15) is 0 Å². The number of aliphatic hydroxyl groups is 3. The van der Waals surface area contributed by atoms with Gasteiger partial charge in [0.1, 0.15) is 30.5 Å². The number of anilines is 1. The number of nitrogens with one attached hydrogen (secondary N) is 1. The lowest BCUT2D eigenvalue weighted by Crippen LogP contribution is -2.33. The Morgan fingerprint density at radius 3 is 2.71 bits per heavy atom. The van der Waals surface area contributed by atoms with Gasteiger partial charge in [-0.05, 0) is 18.1 Å². The van der Waals surface area contributed by atoms with E-state index in [4.69, 9.17) is 4.74 Å². The number of aliphatic hydroxyl groups excluding tert-OH is 3. The fourth-order valence-electron chi connectivity index (χ4n) is 3.29. The number of nitrogens with zero attached hydrogens (tertiary/aromatic N) is 4. The van der Waals surface area contributed by atoms with Gasteiger partial charge < -0.3 is 25.4 Å². The molecule has 1 aliphatic heterocycles. The van der Waals surface area contributed by atoms with Gasteiger partial charge in [0.05, 0.1) is 12.9 Å². The number of aromatic nitrogens is 4. The van der Waals surface area contributed by atoms with Crippen molar-refractivity contribution in [1.29, 1.82) is 0 Å². The third-order valence-electron chi connectivity index (χ3n) is 4.79. The highest BCUT2D eigenvalue weighted by molar-refractivity contribution is 5.82. The maximum atomic E-state index is 13.7. The molecule has 0 amide bonds. The van der Waals surface area contributed by atoms with E-state index in [0.29, 0.717) is 35.5 Å². The van der Waals surface area contributed by atoms with Crippen molar-refractivity contribution >= 4 is 17.0 Å². The maximum absolute atomic E-state index is 13.7. The van der Waals surface area contributed by atoms with E-state index in [1.54, 1.807) is 18.2 Å². The molecule has 4 rings (SSSR count). The first-order valence-corrected chi connectivity index (χ1v) is 8.87. The molecule has 148 valence electrons. The molecule has 1 fully saturated rings. The summed E-state index contributed by atoms with van der Waals surface area (Å²) >= 11 is 0. The van der Waals surface area contributed by atoms with E-state index in [0.717, 1.165) is 0 Å².